The van der Waals surface area contributed by atoms with E-state index in [0.29, 0.717) is 6.54 Å². The van der Waals surface area contributed by atoms with Gasteiger partial charge in [-0.15, -0.1) is 0 Å². The zero-order chi connectivity index (χ0) is 8.10. The third kappa shape index (κ3) is 3.14. The van der Waals surface area contributed by atoms with Gasteiger partial charge >= 0.3 is 0 Å². The van der Waals surface area contributed by atoms with Gasteiger partial charge in [-0.3, -0.25) is 4.90 Å². The van der Waals surface area contributed by atoms with E-state index in [0.717, 1.165) is 26.2 Å². The van der Waals surface area contributed by atoms with Crippen molar-refractivity contribution in [3.05, 3.63) is 0 Å². The molecular weight excluding hydrogens is 147 g/mol. The average molecular weight is 162 g/mol. The Bertz CT molecular complexity index is 107. The number of alkyl halides is 1. The molecule has 0 aromatic rings. The molecule has 1 fully saturated rings. The smallest absolute Gasteiger partial charge is 0.117 e. The van der Waals surface area contributed by atoms with Gasteiger partial charge in [-0.2, -0.15) is 0 Å². The maximum atomic E-state index is 11.8. The van der Waals surface area contributed by atoms with Gasteiger partial charge in [-0.05, 0) is 0 Å². The fraction of sp³-hybridized carbons (Fsp3) is 1.00. The van der Waals surface area contributed by atoms with E-state index in [1.54, 1.807) is 0 Å². The molecule has 1 aliphatic rings. The Balaban J connectivity index is 2.13. The predicted molar refractivity (Wildman–Crippen MR) is 41.3 cm³/mol. The topological polar surface area (TPSA) is 35.5 Å². The summed E-state index contributed by atoms with van der Waals surface area (Å²) in [4.78, 5) is 2.07. The van der Waals surface area contributed by atoms with E-state index in [4.69, 9.17) is 5.11 Å². The molecule has 0 bridgehead atoms. The Labute approximate surface area is 66.2 Å². The summed E-state index contributed by atoms with van der Waals surface area (Å²) in [5, 5.41) is 12.2. The van der Waals surface area contributed by atoms with Gasteiger partial charge in [0.05, 0.1) is 6.10 Å². The van der Waals surface area contributed by atoms with Crippen LogP contribution in [0.25, 0.3) is 0 Å². The zero-order valence-electron chi connectivity index (χ0n) is 6.59. The highest BCUT2D eigenvalue weighted by molar-refractivity contribution is 4.70. The number of nitrogens with zero attached hydrogens (tertiary/aromatic N) is 1. The number of β-amino-alcohol motifs (C(OH)–C–C–N with tert-alkyl or cyclic N) is 1. The molecule has 11 heavy (non-hydrogen) atoms. The van der Waals surface area contributed by atoms with E-state index >= 15 is 0 Å². The molecular formula is C7H15FN2O. The number of hydrogen-bond donors (Lipinski definition) is 2. The van der Waals surface area contributed by atoms with Crippen LogP contribution in [0.15, 0.2) is 0 Å². The van der Waals surface area contributed by atoms with E-state index in [2.05, 4.69) is 10.2 Å². The summed E-state index contributed by atoms with van der Waals surface area (Å²) in [6, 6.07) is 0. The predicted octanol–water partition coefficient (Wildman–Crippen LogP) is -0.778. The lowest BCUT2D eigenvalue weighted by Gasteiger charge is -2.28. The number of aliphatic hydroxyl groups is 1. The summed E-state index contributed by atoms with van der Waals surface area (Å²) in [6.07, 6.45) is -0.798. The molecule has 0 radical (unpaired) electrons. The minimum absolute atomic E-state index is 0.470. The van der Waals surface area contributed by atoms with Crippen LogP contribution in [0.4, 0.5) is 4.39 Å². The average Bonchev–Trinajstić information content (AvgIpc) is 2.06. The summed E-state index contributed by atoms with van der Waals surface area (Å²) >= 11 is 0. The van der Waals surface area contributed by atoms with Gasteiger partial charge in [0, 0.05) is 32.7 Å². The molecule has 1 aliphatic heterocycles. The quantitative estimate of drug-likeness (QED) is 0.571. The second kappa shape index (κ2) is 4.64. The SMILES string of the molecule is OC(CF)CN1CCNCC1. The summed E-state index contributed by atoms with van der Waals surface area (Å²) in [7, 11) is 0. The first-order valence-corrected chi connectivity index (χ1v) is 4.00. The summed E-state index contributed by atoms with van der Waals surface area (Å²) in [6.45, 7) is 3.55. The number of halogens is 1. The van der Waals surface area contributed by atoms with Gasteiger partial charge in [0.15, 0.2) is 0 Å². The van der Waals surface area contributed by atoms with Crippen molar-refractivity contribution in [1.82, 2.24) is 10.2 Å². The van der Waals surface area contributed by atoms with Crippen LogP contribution in [0.2, 0.25) is 0 Å². The first kappa shape index (κ1) is 8.90. The Morgan fingerprint density at radius 1 is 1.45 bits per heavy atom. The van der Waals surface area contributed by atoms with Crippen molar-refractivity contribution in [3.8, 4) is 0 Å². The lowest BCUT2D eigenvalue weighted by atomic mass is 10.3. The molecule has 1 atom stereocenters. The number of nitrogens with one attached hydrogen (secondary N) is 1. The number of aliphatic hydroxyl groups excluding tert-OH is 1. The Morgan fingerprint density at radius 3 is 2.64 bits per heavy atom. The van der Waals surface area contributed by atoms with Crippen LogP contribution >= 0.6 is 0 Å². The van der Waals surface area contributed by atoms with Crippen molar-refractivity contribution in [2.75, 3.05) is 39.4 Å². The molecule has 1 rings (SSSR count). The fourth-order valence-electron chi connectivity index (χ4n) is 1.24. The highest BCUT2D eigenvalue weighted by Gasteiger charge is 2.13. The Morgan fingerprint density at radius 2 is 2.09 bits per heavy atom. The molecule has 1 unspecified atom stereocenters. The van der Waals surface area contributed by atoms with Crippen LogP contribution in [0, 0.1) is 0 Å². The number of piperazine rings is 1. The van der Waals surface area contributed by atoms with Gasteiger partial charge in [-0.1, -0.05) is 0 Å². The molecule has 0 aliphatic carbocycles. The van der Waals surface area contributed by atoms with Crippen LogP contribution < -0.4 is 5.32 Å². The van der Waals surface area contributed by atoms with E-state index in [1.165, 1.54) is 0 Å². The third-order valence-electron chi connectivity index (χ3n) is 1.86. The van der Waals surface area contributed by atoms with E-state index < -0.39 is 12.8 Å². The van der Waals surface area contributed by atoms with Gasteiger partial charge in [0.1, 0.15) is 6.67 Å². The molecule has 0 saturated carbocycles. The van der Waals surface area contributed by atoms with Crippen LogP contribution in [-0.4, -0.2) is 55.5 Å². The van der Waals surface area contributed by atoms with Crippen LogP contribution in [0.3, 0.4) is 0 Å². The highest BCUT2D eigenvalue weighted by atomic mass is 19.1. The molecule has 66 valence electrons. The van der Waals surface area contributed by atoms with Crippen molar-refractivity contribution in [3.63, 3.8) is 0 Å². The first-order chi connectivity index (χ1) is 5.33. The van der Waals surface area contributed by atoms with E-state index in [9.17, 15) is 4.39 Å². The van der Waals surface area contributed by atoms with Crippen LogP contribution in [0.1, 0.15) is 0 Å². The van der Waals surface area contributed by atoms with Gasteiger partial charge in [0.2, 0.25) is 0 Å². The van der Waals surface area contributed by atoms with Gasteiger partial charge in [0.25, 0.3) is 0 Å². The largest absolute Gasteiger partial charge is 0.389 e. The minimum Gasteiger partial charge on any atom is -0.389 e. The fourth-order valence-corrected chi connectivity index (χ4v) is 1.24. The first-order valence-electron chi connectivity index (χ1n) is 4.00. The molecule has 0 aromatic carbocycles. The lowest BCUT2D eigenvalue weighted by molar-refractivity contribution is 0.0842. The van der Waals surface area contributed by atoms with Crippen molar-refractivity contribution in [1.29, 1.82) is 0 Å². The van der Waals surface area contributed by atoms with Crippen molar-refractivity contribution >= 4 is 0 Å². The zero-order valence-corrected chi connectivity index (χ0v) is 6.59. The minimum atomic E-state index is -0.798. The third-order valence-corrected chi connectivity index (χ3v) is 1.86. The molecule has 4 heteroatoms. The standard InChI is InChI=1S/C7H15FN2O/c8-5-7(11)6-10-3-1-9-2-4-10/h7,9,11H,1-6H2. The van der Waals surface area contributed by atoms with E-state index in [1.807, 2.05) is 0 Å². The molecule has 2 N–H and O–H groups in total. The molecule has 3 nitrogen and oxygen atoms in total. The van der Waals surface area contributed by atoms with Crippen LogP contribution in [-0.2, 0) is 0 Å². The van der Waals surface area contributed by atoms with Gasteiger partial charge in [-0.25, -0.2) is 4.39 Å². The maximum Gasteiger partial charge on any atom is 0.117 e. The summed E-state index contributed by atoms with van der Waals surface area (Å²) < 4.78 is 11.8. The normalized spacial score (nSPS) is 23.5. The van der Waals surface area contributed by atoms with E-state index in [-0.39, 0.29) is 0 Å². The highest BCUT2D eigenvalue weighted by Crippen LogP contribution is 1.95. The number of hydrogen-bond acceptors (Lipinski definition) is 3. The molecule has 1 heterocycles. The van der Waals surface area contributed by atoms with Crippen molar-refractivity contribution < 1.29 is 9.50 Å². The Hall–Kier alpha value is -0.190. The summed E-state index contributed by atoms with van der Waals surface area (Å²) in [5.41, 5.74) is 0. The van der Waals surface area contributed by atoms with Crippen molar-refractivity contribution in [2.24, 2.45) is 0 Å². The van der Waals surface area contributed by atoms with Crippen molar-refractivity contribution in [2.45, 2.75) is 6.10 Å². The molecule has 1 saturated heterocycles. The van der Waals surface area contributed by atoms with Crippen LogP contribution in [0.5, 0.6) is 0 Å². The summed E-state index contributed by atoms with van der Waals surface area (Å²) in [5.74, 6) is 0. The van der Waals surface area contributed by atoms with Gasteiger partial charge < -0.3 is 10.4 Å². The second-order valence-electron chi connectivity index (χ2n) is 2.86. The molecule has 0 aromatic heterocycles. The maximum absolute atomic E-state index is 11.8. The number of rotatable bonds is 3. The second-order valence-corrected chi connectivity index (χ2v) is 2.86. The molecule has 0 spiro atoms. The lowest BCUT2D eigenvalue weighted by Crippen LogP contribution is -2.46. The molecule has 0 amide bonds. The Kier molecular flexibility index (Phi) is 3.76. The monoisotopic (exact) mass is 162 g/mol.